The highest BCUT2D eigenvalue weighted by Crippen LogP contribution is 2.13. The smallest absolute Gasteiger partial charge is 0.307 e. The van der Waals surface area contributed by atoms with Crippen molar-refractivity contribution in [2.24, 2.45) is 5.92 Å². The van der Waals surface area contributed by atoms with Gasteiger partial charge in [0.15, 0.2) is 0 Å². The summed E-state index contributed by atoms with van der Waals surface area (Å²) >= 11 is 0. The van der Waals surface area contributed by atoms with Crippen molar-refractivity contribution in [2.45, 2.75) is 6.42 Å². The van der Waals surface area contributed by atoms with Crippen LogP contribution in [-0.2, 0) is 4.79 Å². The van der Waals surface area contributed by atoms with Crippen molar-refractivity contribution in [2.75, 3.05) is 20.1 Å². The van der Waals surface area contributed by atoms with Gasteiger partial charge in [-0.3, -0.25) is 4.79 Å². The lowest BCUT2D eigenvalue weighted by atomic mass is 10.1. The molecule has 52 valence electrons. The molecule has 9 heavy (non-hydrogen) atoms. The Bertz CT molecular complexity index is 192. The molecule has 1 aliphatic heterocycles. The number of rotatable bonds is 1. The van der Waals surface area contributed by atoms with Crippen molar-refractivity contribution < 1.29 is 14.0 Å². The summed E-state index contributed by atoms with van der Waals surface area (Å²) in [6.45, 7) is -1.64. The number of carboxylic acid groups (broad SMARTS) is 1. The Morgan fingerprint density at radius 1 is 2.00 bits per heavy atom. The zero-order valence-electron chi connectivity index (χ0n) is 8.00. The molecule has 0 radical (unpaired) electrons. The van der Waals surface area contributed by atoms with E-state index in [4.69, 9.17) is 9.22 Å². The molecule has 0 bridgehead atoms. The molecule has 1 aliphatic rings. The first-order chi connectivity index (χ1) is 5.41. The molecule has 1 N–H and O–H groups in total. The van der Waals surface area contributed by atoms with Crippen LogP contribution in [0.3, 0.4) is 0 Å². The maximum atomic E-state index is 10.5. The molecule has 0 amide bonds. The Hall–Kier alpha value is -0.570. The fourth-order valence-corrected chi connectivity index (χ4v) is 0.962. The van der Waals surface area contributed by atoms with Gasteiger partial charge in [0.1, 0.15) is 0 Å². The van der Waals surface area contributed by atoms with E-state index in [-0.39, 0.29) is 6.54 Å². The van der Waals surface area contributed by atoms with E-state index in [1.165, 1.54) is 4.90 Å². The fourth-order valence-electron chi connectivity index (χ4n) is 0.962. The Morgan fingerprint density at radius 2 is 2.78 bits per heavy atom. The lowest BCUT2D eigenvalue weighted by molar-refractivity contribution is -0.141. The van der Waals surface area contributed by atoms with Crippen molar-refractivity contribution in [3.63, 3.8) is 0 Å². The van der Waals surface area contributed by atoms with Gasteiger partial charge in [0.25, 0.3) is 0 Å². The molecule has 0 aromatic heterocycles. The molecular weight excluding hydrogens is 118 g/mol. The van der Waals surface area contributed by atoms with E-state index in [1.54, 1.807) is 0 Å². The molecule has 0 aromatic rings. The van der Waals surface area contributed by atoms with E-state index >= 15 is 0 Å². The molecule has 0 saturated carbocycles. The Kier molecular flexibility index (Phi) is 0.931. The molecule has 0 aliphatic carbocycles. The molecular formula is C6H11NO2. The van der Waals surface area contributed by atoms with Crippen LogP contribution in [0.2, 0.25) is 0 Å². The van der Waals surface area contributed by atoms with Gasteiger partial charge in [0.2, 0.25) is 0 Å². The summed E-state index contributed by atoms with van der Waals surface area (Å²) in [5.41, 5.74) is 0. The van der Waals surface area contributed by atoms with Gasteiger partial charge >= 0.3 is 5.97 Å². The van der Waals surface area contributed by atoms with E-state index in [1.807, 2.05) is 0 Å². The summed E-state index contributed by atoms with van der Waals surface area (Å²) in [4.78, 5) is 11.7. The molecule has 1 rings (SSSR count). The molecule has 1 heterocycles. The minimum absolute atomic E-state index is 0.145. The van der Waals surface area contributed by atoms with Crippen LogP contribution < -0.4 is 0 Å². The normalized spacial score (nSPS) is 35.1. The quantitative estimate of drug-likeness (QED) is 0.547. The zero-order chi connectivity index (χ0) is 9.35. The highest BCUT2D eigenvalue weighted by atomic mass is 16.4. The van der Waals surface area contributed by atoms with Crippen LogP contribution in [-0.4, -0.2) is 36.0 Å². The fraction of sp³-hybridized carbons (Fsp3) is 0.833. The average Bonchev–Trinajstić information content (AvgIpc) is 2.30. The van der Waals surface area contributed by atoms with Crippen molar-refractivity contribution in [3.8, 4) is 0 Å². The van der Waals surface area contributed by atoms with Crippen LogP contribution >= 0.6 is 0 Å². The Labute approximate surface area is 58.5 Å². The van der Waals surface area contributed by atoms with Gasteiger partial charge in [-0.1, -0.05) is 0 Å². The van der Waals surface area contributed by atoms with Crippen LogP contribution in [0.15, 0.2) is 0 Å². The van der Waals surface area contributed by atoms with Gasteiger partial charge < -0.3 is 10.0 Å². The SMILES string of the molecule is [2H]C([2H])([2H])N1CCC(C(=O)O)C1. The minimum Gasteiger partial charge on any atom is -0.481 e. The molecule has 1 unspecified atom stereocenters. The van der Waals surface area contributed by atoms with Gasteiger partial charge in [-0.15, -0.1) is 0 Å². The number of carbonyl (C=O) groups is 1. The third-order valence-corrected chi connectivity index (χ3v) is 1.54. The summed E-state index contributed by atoms with van der Waals surface area (Å²) in [5.74, 6) is -1.41. The summed E-state index contributed by atoms with van der Waals surface area (Å²) < 4.78 is 21.1. The molecule has 1 fully saturated rings. The van der Waals surface area contributed by atoms with Crippen LogP contribution in [0.25, 0.3) is 0 Å². The summed E-state index contributed by atoms with van der Waals surface area (Å²) in [7, 11) is 0. The Balaban J connectivity index is 2.51. The topological polar surface area (TPSA) is 40.5 Å². The summed E-state index contributed by atoms with van der Waals surface area (Å²) in [6, 6.07) is 0. The maximum absolute atomic E-state index is 10.5. The number of aliphatic carboxylic acids is 1. The Morgan fingerprint density at radius 3 is 3.11 bits per heavy atom. The number of carboxylic acids is 1. The first kappa shape index (κ1) is 3.56. The minimum atomic E-state index is -2.13. The average molecular weight is 132 g/mol. The largest absolute Gasteiger partial charge is 0.481 e. The van der Waals surface area contributed by atoms with Crippen molar-refractivity contribution in [1.29, 1.82) is 0 Å². The lowest BCUT2D eigenvalue weighted by Crippen LogP contribution is -2.18. The summed E-state index contributed by atoms with van der Waals surface area (Å²) in [5, 5.41) is 8.59. The van der Waals surface area contributed by atoms with Crippen molar-refractivity contribution >= 4 is 5.97 Å². The first-order valence-corrected chi connectivity index (χ1v) is 2.89. The molecule has 1 atom stereocenters. The van der Waals surface area contributed by atoms with Crippen molar-refractivity contribution in [3.05, 3.63) is 0 Å². The third-order valence-electron chi connectivity index (χ3n) is 1.54. The molecule has 3 nitrogen and oxygen atoms in total. The second kappa shape index (κ2) is 2.35. The van der Waals surface area contributed by atoms with Gasteiger partial charge in [0.05, 0.1) is 5.92 Å². The highest BCUT2D eigenvalue weighted by Gasteiger charge is 2.24. The van der Waals surface area contributed by atoms with E-state index in [2.05, 4.69) is 0 Å². The number of likely N-dealkylation sites (tertiary alicyclic amines) is 1. The zero-order valence-corrected chi connectivity index (χ0v) is 5.00. The van der Waals surface area contributed by atoms with Gasteiger partial charge in [-0.25, -0.2) is 0 Å². The van der Waals surface area contributed by atoms with Crippen LogP contribution in [0.4, 0.5) is 0 Å². The van der Waals surface area contributed by atoms with E-state index in [0.29, 0.717) is 13.0 Å². The predicted molar refractivity (Wildman–Crippen MR) is 33.2 cm³/mol. The number of nitrogens with zero attached hydrogens (tertiary/aromatic N) is 1. The molecule has 0 spiro atoms. The van der Waals surface area contributed by atoms with Gasteiger partial charge in [-0.05, 0) is 19.9 Å². The first-order valence-electron chi connectivity index (χ1n) is 4.39. The molecule has 1 saturated heterocycles. The summed E-state index contributed by atoms with van der Waals surface area (Å²) in [6.07, 6.45) is 0.438. The van der Waals surface area contributed by atoms with E-state index in [0.717, 1.165) is 0 Å². The monoisotopic (exact) mass is 132 g/mol. The van der Waals surface area contributed by atoms with Crippen molar-refractivity contribution in [1.82, 2.24) is 4.90 Å². The van der Waals surface area contributed by atoms with Gasteiger partial charge in [0, 0.05) is 10.7 Å². The number of hydrogen-bond acceptors (Lipinski definition) is 2. The molecule has 3 heteroatoms. The highest BCUT2D eigenvalue weighted by molar-refractivity contribution is 5.70. The van der Waals surface area contributed by atoms with E-state index in [9.17, 15) is 4.79 Å². The standard InChI is InChI=1S/C6H11NO2/c1-7-3-2-5(4-7)6(8)9/h5H,2-4H2,1H3,(H,8,9)/i1D3. The second-order valence-electron chi connectivity index (χ2n) is 2.27. The van der Waals surface area contributed by atoms with Crippen LogP contribution in [0.5, 0.6) is 0 Å². The lowest BCUT2D eigenvalue weighted by Gasteiger charge is -2.04. The third kappa shape index (κ3) is 1.42. The molecule has 0 aromatic carbocycles. The van der Waals surface area contributed by atoms with E-state index < -0.39 is 18.9 Å². The van der Waals surface area contributed by atoms with Crippen LogP contribution in [0.1, 0.15) is 10.5 Å². The maximum Gasteiger partial charge on any atom is 0.307 e. The predicted octanol–water partition coefficient (Wildman–Crippen LogP) is 0.0227. The van der Waals surface area contributed by atoms with Gasteiger partial charge in [-0.2, -0.15) is 0 Å². The number of hydrogen-bond donors (Lipinski definition) is 1. The van der Waals surface area contributed by atoms with Crippen LogP contribution in [0, 0.1) is 5.92 Å². The second-order valence-corrected chi connectivity index (χ2v) is 2.27.